The van der Waals surface area contributed by atoms with Crippen LogP contribution in [0.25, 0.3) is 0 Å². The van der Waals surface area contributed by atoms with Crippen molar-refractivity contribution in [2.75, 3.05) is 116 Å². The van der Waals surface area contributed by atoms with Crippen LogP contribution in [0.4, 0.5) is 21.0 Å². The van der Waals surface area contributed by atoms with Crippen molar-refractivity contribution < 1.29 is 78.1 Å². The Balaban J connectivity index is 1.37. The minimum Gasteiger partial charge on any atom is -0.748 e. The Kier molecular flexibility index (Phi) is 28.7. The minimum atomic E-state index is -4.39. The molecule has 2 aromatic rings. The van der Waals surface area contributed by atoms with Gasteiger partial charge in [0.15, 0.2) is 5.71 Å². The molecule has 4 rings (SSSR count). The van der Waals surface area contributed by atoms with E-state index < -0.39 is 61.3 Å². The van der Waals surface area contributed by atoms with Gasteiger partial charge in [-0.1, -0.05) is 62.4 Å². The van der Waals surface area contributed by atoms with Gasteiger partial charge in [-0.15, -0.1) is 0 Å². The lowest BCUT2D eigenvalue weighted by molar-refractivity contribution is -0.438. The number of unbranched alkanes of at least 4 members (excludes halogenated alkanes) is 3. The monoisotopic (exact) mass is 1170 g/mol. The first-order valence-electron chi connectivity index (χ1n) is 27.4. The molecule has 0 aromatic heterocycles. The molecule has 2 aromatic carbocycles. The van der Waals surface area contributed by atoms with Gasteiger partial charge < -0.3 is 63.7 Å². The van der Waals surface area contributed by atoms with Crippen molar-refractivity contribution in [3.8, 4) is 0 Å². The third-order valence-corrected chi connectivity index (χ3v) is 15.1. The Labute approximate surface area is 478 Å². The fourth-order valence-electron chi connectivity index (χ4n) is 9.29. The highest BCUT2D eigenvalue weighted by atomic mass is 32.2. The molecule has 0 saturated heterocycles. The third kappa shape index (κ3) is 23.4. The highest BCUT2D eigenvalue weighted by Gasteiger charge is 2.44. The summed E-state index contributed by atoms with van der Waals surface area (Å²) in [6, 6.07) is 12.6. The number of carbonyl (C=O) groups excluding carboxylic acids is 4. The van der Waals surface area contributed by atoms with Gasteiger partial charge in [-0.25, -0.2) is 26.4 Å². The number of nitrogens with zero attached hydrogens (tertiary/aromatic N) is 2. The van der Waals surface area contributed by atoms with Crippen LogP contribution in [0.2, 0.25) is 0 Å². The molecule has 4 N–H and O–H groups in total. The van der Waals surface area contributed by atoms with Crippen LogP contribution in [0.15, 0.2) is 90.7 Å². The summed E-state index contributed by atoms with van der Waals surface area (Å²) < 4.78 is 101. The summed E-state index contributed by atoms with van der Waals surface area (Å²) in [5.41, 5.74) is 5.33. The smallest absolute Gasteiger partial charge is 0.407 e. The highest BCUT2D eigenvalue weighted by molar-refractivity contribution is 7.85. The number of benzene rings is 2. The molecule has 4 amide bonds. The molecule has 0 radical (unpaired) electrons. The molecule has 0 saturated carbocycles. The average Bonchev–Trinajstić information content (AvgIpc) is 4.03. The molecule has 22 nitrogen and oxygen atoms in total. The van der Waals surface area contributed by atoms with E-state index in [-0.39, 0.29) is 76.6 Å². The van der Waals surface area contributed by atoms with Crippen LogP contribution in [0.1, 0.15) is 101 Å². The summed E-state index contributed by atoms with van der Waals surface area (Å²) >= 11 is 0. The first-order chi connectivity index (χ1) is 38.6. The van der Waals surface area contributed by atoms with E-state index in [2.05, 4.69) is 50.7 Å². The van der Waals surface area contributed by atoms with Gasteiger partial charge in [-0.05, 0) is 88.6 Å². The molecule has 2 aliphatic heterocycles. The van der Waals surface area contributed by atoms with Gasteiger partial charge in [0.2, 0.25) is 11.6 Å². The van der Waals surface area contributed by atoms with E-state index in [9.17, 15) is 45.1 Å². The topological polar surface area (TPSA) is 292 Å². The molecule has 0 bridgehead atoms. The summed E-state index contributed by atoms with van der Waals surface area (Å²) in [6.07, 6.45) is 15.1. The van der Waals surface area contributed by atoms with Gasteiger partial charge in [-0.2, -0.15) is 4.58 Å². The number of ether oxygens (including phenoxy) is 6. The lowest BCUT2D eigenvalue weighted by Gasteiger charge is -2.27. The highest BCUT2D eigenvalue weighted by Crippen LogP contribution is 2.48. The predicted octanol–water partition coefficient (Wildman–Crippen LogP) is 5.62. The molecule has 2 aliphatic rings. The summed E-state index contributed by atoms with van der Waals surface area (Å²) in [4.78, 5) is 53.8. The average molecular weight is 1170 g/mol. The Hall–Kier alpha value is -5.99. The van der Waals surface area contributed by atoms with Gasteiger partial charge in [0.25, 0.3) is 5.91 Å². The van der Waals surface area contributed by atoms with E-state index >= 15 is 0 Å². The number of para-hydroxylation sites is 1. The first kappa shape index (κ1) is 67.5. The van der Waals surface area contributed by atoms with Gasteiger partial charge >= 0.3 is 12.2 Å². The molecule has 0 fully saturated rings. The number of fused-ring (bicyclic) bond motifs is 2. The maximum atomic E-state index is 13.6. The standard InChI is InChI=1S/C57H84N6O16S2/c1-56(2)45-21-12-13-23-48(45)62(31-16-18-41-80(68,69)70)50(56)24-10-8-7-9-11-25-51-57(3,4)46-43-44(26-27-49(46)63(51)32-17-19-42-81(71,72)73)52(64)58-29-20-30-59-53(65)47(61-55(67)79-40-38-77-36-34-75-6)22-14-15-28-60-54(66)78-39-37-76-35-33-74-5/h7-13,21,23-27,43,47H,14-20,22,28-42H2,1-6H3,(H5-,58,59,60,61,64,65,66,67,68,69,70,71,72,73)/p-1. The van der Waals surface area contributed by atoms with Crippen molar-refractivity contribution in [3.05, 3.63) is 107 Å². The summed E-state index contributed by atoms with van der Waals surface area (Å²) in [5.74, 6) is -1.66. The number of amides is 4. The zero-order chi connectivity index (χ0) is 59.3. The maximum absolute atomic E-state index is 13.6. The van der Waals surface area contributed by atoms with Crippen molar-refractivity contribution in [2.24, 2.45) is 0 Å². The van der Waals surface area contributed by atoms with E-state index in [4.69, 9.17) is 28.4 Å². The third-order valence-electron chi connectivity index (χ3n) is 13.5. The Bertz CT molecular complexity index is 2760. The Morgan fingerprint density at radius 1 is 0.642 bits per heavy atom. The number of hydrogen-bond acceptors (Lipinski definition) is 17. The molecule has 0 aliphatic carbocycles. The number of allylic oxidation sites excluding steroid dienone is 8. The second-order valence-corrected chi connectivity index (χ2v) is 23.4. The lowest BCUT2D eigenvalue weighted by atomic mass is 9.81. The number of anilines is 1. The number of nitrogens with one attached hydrogen (secondary N) is 4. The molecule has 81 heavy (non-hydrogen) atoms. The fourth-order valence-corrected chi connectivity index (χ4v) is 10.4. The zero-order valence-corrected chi connectivity index (χ0v) is 49.3. The van der Waals surface area contributed by atoms with Gasteiger partial charge in [0.1, 0.15) is 25.8 Å². The molecular formula is C57H83N6O16S2-. The predicted molar refractivity (Wildman–Crippen MR) is 306 cm³/mol. The summed E-state index contributed by atoms with van der Waals surface area (Å²) in [7, 11) is -5.58. The molecule has 0 spiro atoms. The SMILES string of the molecule is COCCOCCOC(=O)NCCCCC(NC(=O)OCCOCCOC)C(=O)NCCCNC(=O)c1ccc2c(c1)C(C)(C)/C(=C/C=C/C=C/C=C/C1=[N+](CCCCS(=O)(=O)[O-])c3ccccc3C1(C)C)N2CCCCS(=O)(=O)[O-]. The fraction of sp³-hybridized carbons (Fsp3) is 0.561. The van der Waals surface area contributed by atoms with Crippen molar-refractivity contribution >= 4 is 61.3 Å². The van der Waals surface area contributed by atoms with Gasteiger partial charge in [0, 0.05) is 98.4 Å². The first-order valence-corrected chi connectivity index (χ1v) is 30.5. The Morgan fingerprint density at radius 3 is 1.93 bits per heavy atom. The molecule has 2 heterocycles. The number of alkyl carbamates (subject to hydrolysis) is 2. The second kappa shape index (κ2) is 34.5. The van der Waals surface area contributed by atoms with E-state index in [1.54, 1.807) is 20.3 Å². The number of methoxy groups -OCH3 is 2. The van der Waals surface area contributed by atoms with Crippen LogP contribution in [0, 0.1) is 0 Å². The van der Waals surface area contributed by atoms with Crippen LogP contribution in [0.3, 0.4) is 0 Å². The Morgan fingerprint density at radius 2 is 1.25 bits per heavy atom. The van der Waals surface area contributed by atoms with Crippen LogP contribution in [0.5, 0.6) is 0 Å². The lowest BCUT2D eigenvalue weighted by Crippen LogP contribution is -2.47. The van der Waals surface area contributed by atoms with E-state index in [0.717, 1.165) is 33.9 Å². The number of carbonyl (C=O) groups is 4. The van der Waals surface area contributed by atoms with E-state index in [1.165, 1.54) is 0 Å². The van der Waals surface area contributed by atoms with Crippen molar-refractivity contribution in [1.82, 2.24) is 21.3 Å². The summed E-state index contributed by atoms with van der Waals surface area (Å²) in [6.45, 7) is 12.0. The van der Waals surface area contributed by atoms with Crippen molar-refractivity contribution in [3.63, 3.8) is 0 Å². The van der Waals surface area contributed by atoms with E-state index in [1.807, 2.05) is 86.7 Å². The van der Waals surface area contributed by atoms with Crippen LogP contribution in [-0.4, -0.2) is 178 Å². The minimum absolute atomic E-state index is 0.0383. The second-order valence-electron chi connectivity index (χ2n) is 20.3. The largest absolute Gasteiger partial charge is 0.748 e. The van der Waals surface area contributed by atoms with Crippen molar-refractivity contribution in [2.45, 2.75) is 95.9 Å². The van der Waals surface area contributed by atoms with Crippen LogP contribution >= 0.6 is 0 Å². The zero-order valence-electron chi connectivity index (χ0n) is 47.7. The molecule has 1 unspecified atom stereocenters. The van der Waals surface area contributed by atoms with E-state index in [0.29, 0.717) is 77.2 Å². The normalized spacial score (nSPS) is 15.6. The molecular weight excluding hydrogens is 1090 g/mol. The number of hydrogen-bond donors (Lipinski definition) is 4. The summed E-state index contributed by atoms with van der Waals surface area (Å²) in [5, 5.41) is 11.0. The molecule has 1 atom stereocenters. The quantitative estimate of drug-likeness (QED) is 0.0275. The molecule has 450 valence electrons. The van der Waals surface area contributed by atoms with Gasteiger partial charge in [-0.3, -0.25) is 9.59 Å². The molecule has 24 heteroatoms. The maximum Gasteiger partial charge on any atom is 0.407 e. The van der Waals surface area contributed by atoms with Crippen LogP contribution < -0.4 is 26.2 Å². The van der Waals surface area contributed by atoms with Gasteiger partial charge in [0.05, 0.1) is 65.3 Å². The van der Waals surface area contributed by atoms with Crippen molar-refractivity contribution in [1.29, 1.82) is 0 Å². The van der Waals surface area contributed by atoms with Crippen LogP contribution in [-0.2, 0) is 64.3 Å². The number of rotatable bonds is 38.